The van der Waals surface area contributed by atoms with Gasteiger partial charge in [-0.05, 0) is 41.3 Å². The number of hydrogen-bond donors (Lipinski definition) is 1. The summed E-state index contributed by atoms with van der Waals surface area (Å²) in [7, 11) is 0. The molecule has 0 radical (unpaired) electrons. The zero-order valence-corrected chi connectivity index (χ0v) is 16.6. The van der Waals surface area contributed by atoms with Gasteiger partial charge in [-0.15, -0.1) is 11.3 Å². The molecule has 4 nitrogen and oxygen atoms in total. The van der Waals surface area contributed by atoms with Crippen molar-refractivity contribution in [2.75, 3.05) is 29.5 Å². The number of amides is 1. The van der Waals surface area contributed by atoms with Crippen LogP contribution in [0.15, 0.2) is 60.1 Å². The largest absolute Gasteiger partial charge is 0.355 e. The van der Waals surface area contributed by atoms with Crippen molar-refractivity contribution in [2.24, 2.45) is 0 Å². The van der Waals surface area contributed by atoms with Gasteiger partial charge in [0.05, 0.1) is 6.54 Å². The minimum Gasteiger partial charge on any atom is -0.355 e. The molecule has 3 heterocycles. The van der Waals surface area contributed by atoms with Crippen LogP contribution in [0.4, 0.5) is 5.82 Å². The number of hydrogen-bond acceptors (Lipinski definition) is 5. The summed E-state index contributed by atoms with van der Waals surface area (Å²) >= 11 is 3.64. The molecule has 1 aliphatic rings. The zero-order chi connectivity index (χ0) is 18.5. The Hall–Kier alpha value is -2.31. The second kappa shape index (κ2) is 8.59. The van der Waals surface area contributed by atoms with Gasteiger partial charge in [0, 0.05) is 46.8 Å². The van der Waals surface area contributed by atoms with Crippen LogP contribution in [0.3, 0.4) is 0 Å². The Morgan fingerprint density at radius 2 is 1.81 bits per heavy atom. The molecular formula is C21H21N3OS2. The number of carbonyl (C=O) groups excluding carboxylic acids is 1. The number of rotatable bonds is 5. The molecular weight excluding hydrogens is 374 g/mol. The second-order valence-electron chi connectivity index (χ2n) is 6.34. The van der Waals surface area contributed by atoms with Gasteiger partial charge >= 0.3 is 0 Å². The predicted octanol–water partition coefficient (Wildman–Crippen LogP) is 4.29. The fourth-order valence-electron chi connectivity index (χ4n) is 3.03. The normalized spacial score (nSPS) is 14.1. The fourth-order valence-corrected chi connectivity index (χ4v) is 4.58. The molecule has 1 saturated heterocycles. The fraction of sp³-hybridized carbons (Fsp3) is 0.238. The van der Waals surface area contributed by atoms with Crippen molar-refractivity contribution < 1.29 is 4.79 Å². The van der Waals surface area contributed by atoms with Gasteiger partial charge in [0.25, 0.3) is 5.91 Å². The predicted molar refractivity (Wildman–Crippen MR) is 115 cm³/mol. The van der Waals surface area contributed by atoms with E-state index in [0.717, 1.165) is 34.9 Å². The third kappa shape index (κ3) is 4.51. The first-order valence-electron chi connectivity index (χ1n) is 8.99. The average molecular weight is 396 g/mol. The van der Waals surface area contributed by atoms with Gasteiger partial charge in [0.1, 0.15) is 5.82 Å². The van der Waals surface area contributed by atoms with Crippen LogP contribution in [0, 0.1) is 0 Å². The number of nitrogens with zero attached hydrogens (tertiary/aromatic N) is 2. The number of carbonyl (C=O) groups is 1. The molecule has 6 heteroatoms. The highest BCUT2D eigenvalue weighted by atomic mass is 32.2. The van der Waals surface area contributed by atoms with Crippen LogP contribution in [0.1, 0.15) is 15.2 Å². The Morgan fingerprint density at radius 3 is 2.48 bits per heavy atom. The van der Waals surface area contributed by atoms with Gasteiger partial charge in [-0.25, -0.2) is 4.98 Å². The third-order valence-electron chi connectivity index (χ3n) is 4.57. The summed E-state index contributed by atoms with van der Waals surface area (Å²) in [5.41, 5.74) is 2.81. The van der Waals surface area contributed by atoms with Crippen molar-refractivity contribution in [3.05, 3.63) is 70.5 Å². The maximum absolute atomic E-state index is 12.3. The highest BCUT2D eigenvalue weighted by Gasteiger charge is 2.12. The SMILES string of the molecule is O=C(NCc1cccs1)c1ccc(-c2ccc(N3CCSCC3)nc2)cc1. The van der Waals surface area contributed by atoms with Gasteiger partial charge < -0.3 is 10.2 Å². The summed E-state index contributed by atoms with van der Waals surface area (Å²) in [5.74, 6) is 3.33. The number of nitrogens with one attached hydrogen (secondary N) is 1. The van der Waals surface area contributed by atoms with Gasteiger partial charge in [0.2, 0.25) is 0 Å². The maximum atomic E-state index is 12.3. The number of pyridine rings is 1. The Bertz CT molecular complexity index is 871. The van der Waals surface area contributed by atoms with Crippen LogP contribution in [0.5, 0.6) is 0 Å². The van der Waals surface area contributed by atoms with Crippen LogP contribution >= 0.6 is 23.1 Å². The van der Waals surface area contributed by atoms with Crippen molar-refractivity contribution in [2.45, 2.75) is 6.54 Å². The van der Waals surface area contributed by atoms with Crippen molar-refractivity contribution in [1.29, 1.82) is 0 Å². The first-order valence-corrected chi connectivity index (χ1v) is 11.0. The monoisotopic (exact) mass is 395 g/mol. The van der Waals surface area contributed by atoms with E-state index in [-0.39, 0.29) is 5.91 Å². The Labute approximate surface area is 167 Å². The minimum atomic E-state index is -0.0496. The number of anilines is 1. The molecule has 1 N–H and O–H groups in total. The van der Waals surface area contributed by atoms with Crippen LogP contribution in [-0.2, 0) is 6.54 Å². The van der Waals surface area contributed by atoms with E-state index in [1.54, 1.807) is 11.3 Å². The first kappa shape index (κ1) is 18.1. The van der Waals surface area contributed by atoms with E-state index < -0.39 is 0 Å². The molecule has 138 valence electrons. The number of benzene rings is 1. The minimum absolute atomic E-state index is 0.0496. The number of aromatic nitrogens is 1. The van der Waals surface area contributed by atoms with E-state index in [4.69, 9.17) is 0 Å². The molecule has 0 atom stereocenters. The van der Waals surface area contributed by atoms with E-state index in [1.807, 2.05) is 59.7 Å². The molecule has 0 spiro atoms. The molecule has 0 bridgehead atoms. The number of thioether (sulfide) groups is 1. The zero-order valence-electron chi connectivity index (χ0n) is 14.9. The van der Waals surface area contributed by atoms with E-state index in [2.05, 4.69) is 27.3 Å². The summed E-state index contributed by atoms with van der Waals surface area (Å²) in [6.45, 7) is 2.69. The lowest BCUT2D eigenvalue weighted by molar-refractivity contribution is 0.0951. The highest BCUT2D eigenvalue weighted by Crippen LogP contribution is 2.23. The van der Waals surface area contributed by atoms with Gasteiger partial charge in [-0.2, -0.15) is 11.8 Å². The topological polar surface area (TPSA) is 45.2 Å². The molecule has 1 amide bonds. The van der Waals surface area contributed by atoms with Crippen molar-refractivity contribution in [3.63, 3.8) is 0 Å². The van der Waals surface area contributed by atoms with E-state index in [1.165, 1.54) is 11.5 Å². The van der Waals surface area contributed by atoms with Gasteiger partial charge in [0.15, 0.2) is 0 Å². The Kier molecular flexibility index (Phi) is 5.75. The van der Waals surface area contributed by atoms with E-state index in [9.17, 15) is 4.79 Å². The van der Waals surface area contributed by atoms with Crippen LogP contribution in [0.2, 0.25) is 0 Å². The lowest BCUT2D eigenvalue weighted by Crippen LogP contribution is -2.32. The molecule has 0 saturated carbocycles. The Morgan fingerprint density at radius 1 is 1.04 bits per heavy atom. The first-order chi connectivity index (χ1) is 13.3. The molecule has 0 unspecified atom stereocenters. The molecule has 2 aromatic heterocycles. The molecule has 1 fully saturated rings. The quantitative estimate of drug-likeness (QED) is 0.700. The average Bonchev–Trinajstić information content (AvgIpc) is 3.27. The van der Waals surface area contributed by atoms with Crippen molar-refractivity contribution in [3.8, 4) is 11.1 Å². The summed E-state index contributed by atoms with van der Waals surface area (Å²) in [5, 5.41) is 4.97. The van der Waals surface area contributed by atoms with Gasteiger partial charge in [-0.3, -0.25) is 4.79 Å². The molecule has 1 aromatic carbocycles. The summed E-state index contributed by atoms with van der Waals surface area (Å²) in [6.07, 6.45) is 1.92. The lowest BCUT2D eigenvalue weighted by Gasteiger charge is -2.27. The van der Waals surface area contributed by atoms with Crippen LogP contribution < -0.4 is 10.2 Å². The molecule has 1 aliphatic heterocycles. The van der Waals surface area contributed by atoms with Crippen molar-refractivity contribution >= 4 is 34.8 Å². The van der Waals surface area contributed by atoms with Crippen LogP contribution in [-0.4, -0.2) is 35.5 Å². The summed E-state index contributed by atoms with van der Waals surface area (Å²) in [6, 6.07) is 15.9. The molecule has 3 aromatic rings. The second-order valence-corrected chi connectivity index (χ2v) is 8.60. The highest BCUT2D eigenvalue weighted by molar-refractivity contribution is 7.99. The van der Waals surface area contributed by atoms with Crippen LogP contribution in [0.25, 0.3) is 11.1 Å². The lowest BCUT2D eigenvalue weighted by atomic mass is 10.1. The number of thiophene rings is 1. The standard InChI is InChI=1S/C21H21N3OS2/c25-21(23-15-19-2-1-11-27-19)17-5-3-16(4-6-17)18-7-8-20(22-14-18)24-9-12-26-13-10-24/h1-8,11,14H,9-10,12-13,15H2,(H,23,25). The van der Waals surface area contributed by atoms with Crippen molar-refractivity contribution in [1.82, 2.24) is 10.3 Å². The molecule has 27 heavy (non-hydrogen) atoms. The third-order valence-corrected chi connectivity index (χ3v) is 6.39. The van der Waals surface area contributed by atoms with E-state index >= 15 is 0 Å². The summed E-state index contributed by atoms with van der Waals surface area (Å²) in [4.78, 5) is 20.4. The molecule has 0 aliphatic carbocycles. The maximum Gasteiger partial charge on any atom is 0.251 e. The smallest absolute Gasteiger partial charge is 0.251 e. The van der Waals surface area contributed by atoms with E-state index in [0.29, 0.717) is 12.1 Å². The molecule has 4 rings (SSSR count). The Balaban J connectivity index is 1.40. The van der Waals surface area contributed by atoms with Gasteiger partial charge in [-0.1, -0.05) is 18.2 Å². The summed E-state index contributed by atoms with van der Waals surface area (Å²) < 4.78 is 0.